The van der Waals surface area contributed by atoms with Gasteiger partial charge in [-0.15, -0.1) is 0 Å². The molecule has 0 spiro atoms. The molecule has 6 nitrogen and oxygen atoms in total. The van der Waals surface area contributed by atoms with Gasteiger partial charge < -0.3 is 10.1 Å². The number of rotatable bonds is 6. The highest BCUT2D eigenvalue weighted by molar-refractivity contribution is 5.78. The van der Waals surface area contributed by atoms with Crippen LogP contribution in [0.4, 0.5) is 5.95 Å². The van der Waals surface area contributed by atoms with Gasteiger partial charge in [-0.3, -0.25) is 14.3 Å². The first-order chi connectivity index (χ1) is 11.7. The Hall–Kier alpha value is -2.73. The van der Waals surface area contributed by atoms with E-state index in [2.05, 4.69) is 15.3 Å². The SMILES string of the molecule is COC[C@@H](C)n1c(NCc2cccnc2)nc2ccccc2c1=O. The van der Waals surface area contributed by atoms with Crippen LogP contribution in [0, 0.1) is 0 Å². The first-order valence-corrected chi connectivity index (χ1v) is 7.83. The topological polar surface area (TPSA) is 69.0 Å². The van der Waals surface area contributed by atoms with Crippen molar-refractivity contribution in [3.8, 4) is 0 Å². The highest BCUT2D eigenvalue weighted by Crippen LogP contribution is 2.16. The lowest BCUT2D eigenvalue weighted by Crippen LogP contribution is -2.29. The average Bonchev–Trinajstić information content (AvgIpc) is 2.61. The summed E-state index contributed by atoms with van der Waals surface area (Å²) >= 11 is 0. The average molecular weight is 324 g/mol. The standard InChI is InChI=1S/C18H20N4O2/c1-13(12-24-2)22-17(23)15-7-3-4-8-16(15)21-18(22)20-11-14-6-5-9-19-10-14/h3-10,13H,11-12H2,1-2H3,(H,20,21)/t13-/m1/s1. The van der Waals surface area contributed by atoms with Crippen molar-refractivity contribution in [1.82, 2.24) is 14.5 Å². The lowest BCUT2D eigenvalue weighted by atomic mass is 10.2. The molecule has 0 saturated heterocycles. The van der Waals surface area contributed by atoms with Crippen LogP contribution >= 0.6 is 0 Å². The molecule has 0 fully saturated rings. The normalized spacial score (nSPS) is 12.2. The minimum absolute atomic E-state index is 0.0705. The molecule has 24 heavy (non-hydrogen) atoms. The van der Waals surface area contributed by atoms with E-state index in [4.69, 9.17) is 4.74 Å². The summed E-state index contributed by atoms with van der Waals surface area (Å²) in [5, 5.41) is 3.86. The number of nitrogens with one attached hydrogen (secondary N) is 1. The summed E-state index contributed by atoms with van der Waals surface area (Å²) in [6, 6.07) is 11.1. The van der Waals surface area contributed by atoms with Crippen molar-refractivity contribution < 1.29 is 4.74 Å². The third-order valence-corrected chi connectivity index (χ3v) is 3.83. The van der Waals surface area contributed by atoms with Crippen LogP contribution in [0.15, 0.2) is 53.6 Å². The van der Waals surface area contributed by atoms with Crippen molar-refractivity contribution in [1.29, 1.82) is 0 Å². The maximum absolute atomic E-state index is 12.9. The van der Waals surface area contributed by atoms with Gasteiger partial charge in [0.1, 0.15) is 0 Å². The third kappa shape index (κ3) is 3.28. The molecule has 2 aromatic heterocycles. The second-order valence-corrected chi connectivity index (χ2v) is 5.65. The second-order valence-electron chi connectivity index (χ2n) is 5.65. The van der Waals surface area contributed by atoms with Crippen LogP contribution in [0.2, 0.25) is 0 Å². The van der Waals surface area contributed by atoms with E-state index in [1.807, 2.05) is 37.3 Å². The summed E-state index contributed by atoms with van der Waals surface area (Å²) in [5.41, 5.74) is 1.63. The van der Waals surface area contributed by atoms with Gasteiger partial charge in [0, 0.05) is 26.0 Å². The first-order valence-electron chi connectivity index (χ1n) is 7.83. The molecule has 1 N–H and O–H groups in total. The predicted octanol–water partition coefficient (Wildman–Crippen LogP) is 2.61. The Labute approximate surface area is 140 Å². The maximum Gasteiger partial charge on any atom is 0.263 e. The molecule has 6 heteroatoms. The number of anilines is 1. The largest absolute Gasteiger partial charge is 0.383 e. The van der Waals surface area contributed by atoms with Crippen LogP contribution in [0.3, 0.4) is 0 Å². The molecule has 0 aliphatic rings. The molecule has 0 bridgehead atoms. The zero-order chi connectivity index (χ0) is 16.9. The van der Waals surface area contributed by atoms with Gasteiger partial charge in [0.2, 0.25) is 5.95 Å². The van der Waals surface area contributed by atoms with Crippen LogP contribution < -0.4 is 10.9 Å². The number of hydrogen-bond acceptors (Lipinski definition) is 5. The molecule has 0 amide bonds. The fraction of sp³-hybridized carbons (Fsp3) is 0.278. The molecular weight excluding hydrogens is 304 g/mol. The lowest BCUT2D eigenvalue weighted by Gasteiger charge is -2.20. The van der Waals surface area contributed by atoms with Gasteiger partial charge in [-0.25, -0.2) is 4.98 Å². The lowest BCUT2D eigenvalue weighted by molar-refractivity contribution is 0.161. The van der Waals surface area contributed by atoms with E-state index in [1.165, 1.54) is 0 Å². The van der Waals surface area contributed by atoms with E-state index >= 15 is 0 Å². The summed E-state index contributed by atoms with van der Waals surface area (Å²) in [6.07, 6.45) is 3.52. The second kappa shape index (κ2) is 7.23. The zero-order valence-corrected chi connectivity index (χ0v) is 13.8. The smallest absolute Gasteiger partial charge is 0.263 e. The van der Waals surface area contributed by atoms with E-state index in [-0.39, 0.29) is 11.6 Å². The van der Waals surface area contributed by atoms with Crippen LogP contribution in [0.25, 0.3) is 10.9 Å². The van der Waals surface area contributed by atoms with Crippen LogP contribution in [-0.2, 0) is 11.3 Å². The van der Waals surface area contributed by atoms with Gasteiger partial charge in [0.05, 0.1) is 23.6 Å². The number of aromatic nitrogens is 3. The Morgan fingerprint density at radius 2 is 2.08 bits per heavy atom. The zero-order valence-electron chi connectivity index (χ0n) is 13.8. The highest BCUT2D eigenvalue weighted by atomic mass is 16.5. The number of pyridine rings is 1. The number of methoxy groups -OCH3 is 1. The Morgan fingerprint density at radius 3 is 2.83 bits per heavy atom. The summed E-state index contributed by atoms with van der Waals surface area (Å²) in [7, 11) is 1.62. The number of benzene rings is 1. The maximum atomic E-state index is 12.9. The molecule has 2 heterocycles. The Morgan fingerprint density at radius 1 is 1.25 bits per heavy atom. The number of ether oxygens (including phenoxy) is 1. The molecule has 3 rings (SSSR count). The molecule has 0 saturated carbocycles. The van der Waals surface area contributed by atoms with Crippen molar-refractivity contribution in [3.63, 3.8) is 0 Å². The molecule has 1 atom stereocenters. The van der Waals surface area contributed by atoms with E-state index in [1.54, 1.807) is 30.1 Å². The van der Waals surface area contributed by atoms with Crippen LogP contribution in [0.5, 0.6) is 0 Å². The van der Waals surface area contributed by atoms with Crippen LogP contribution in [-0.4, -0.2) is 28.3 Å². The molecule has 0 unspecified atom stereocenters. The van der Waals surface area contributed by atoms with Crippen molar-refractivity contribution in [2.75, 3.05) is 19.0 Å². The van der Waals surface area contributed by atoms with Gasteiger partial charge in [-0.2, -0.15) is 0 Å². The van der Waals surface area contributed by atoms with E-state index < -0.39 is 0 Å². The number of para-hydroxylation sites is 1. The molecule has 0 radical (unpaired) electrons. The van der Waals surface area contributed by atoms with Crippen molar-refractivity contribution >= 4 is 16.9 Å². The summed E-state index contributed by atoms with van der Waals surface area (Å²) in [5.74, 6) is 0.534. The van der Waals surface area contributed by atoms with E-state index in [0.29, 0.717) is 30.0 Å². The molecule has 0 aliphatic heterocycles. The predicted molar refractivity (Wildman–Crippen MR) is 94.2 cm³/mol. The molecule has 1 aromatic carbocycles. The Balaban J connectivity index is 2.03. The highest BCUT2D eigenvalue weighted by Gasteiger charge is 2.15. The Kier molecular flexibility index (Phi) is 4.86. The van der Waals surface area contributed by atoms with Gasteiger partial charge in [-0.05, 0) is 30.7 Å². The monoisotopic (exact) mass is 324 g/mol. The van der Waals surface area contributed by atoms with Gasteiger partial charge in [-0.1, -0.05) is 18.2 Å². The summed E-state index contributed by atoms with van der Waals surface area (Å²) in [4.78, 5) is 21.6. The fourth-order valence-corrected chi connectivity index (χ4v) is 2.68. The number of hydrogen-bond donors (Lipinski definition) is 1. The van der Waals surface area contributed by atoms with E-state index in [0.717, 1.165) is 5.56 Å². The van der Waals surface area contributed by atoms with Gasteiger partial charge in [0.15, 0.2) is 0 Å². The third-order valence-electron chi connectivity index (χ3n) is 3.83. The molecule has 3 aromatic rings. The summed E-state index contributed by atoms with van der Waals surface area (Å²) < 4.78 is 6.87. The fourth-order valence-electron chi connectivity index (χ4n) is 2.68. The summed E-state index contributed by atoms with van der Waals surface area (Å²) in [6.45, 7) is 2.91. The molecule has 124 valence electrons. The molecular formula is C18H20N4O2. The van der Waals surface area contributed by atoms with Crippen molar-refractivity contribution in [2.24, 2.45) is 0 Å². The number of nitrogens with zero attached hydrogens (tertiary/aromatic N) is 3. The quantitative estimate of drug-likeness (QED) is 0.755. The minimum atomic E-state index is -0.129. The van der Waals surface area contributed by atoms with Gasteiger partial charge in [0.25, 0.3) is 5.56 Å². The van der Waals surface area contributed by atoms with Gasteiger partial charge >= 0.3 is 0 Å². The van der Waals surface area contributed by atoms with Crippen molar-refractivity contribution in [3.05, 3.63) is 64.7 Å². The Bertz CT molecular complexity index is 877. The van der Waals surface area contributed by atoms with Crippen molar-refractivity contribution in [2.45, 2.75) is 19.5 Å². The number of fused-ring (bicyclic) bond motifs is 1. The van der Waals surface area contributed by atoms with Crippen LogP contribution in [0.1, 0.15) is 18.5 Å². The van der Waals surface area contributed by atoms with E-state index in [9.17, 15) is 4.79 Å². The molecule has 0 aliphatic carbocycles. The minimum Gasteiger partial charge on any atom is -0.383 e. The first kappa shape index (κ1) is 16.1.